The molecule has 5 aromatic rings. The Balaban J connectivity index is 1.31. The number of piperazine rings is 1. The van der Waals surface area contributed by atoms with Crippen LogP contribution in [0.4, 0.5) is 17.3 Å². The van der Waals surface area contributed by atoms with Crippen LogP contribution >= 0.6 is 22.9 Å². The fraction of sp³-hybridized carbons (Fsp3) is 0.241. The van der Waals surface area contributed by atoms with E-state index < -0.39 is 0 Å². The molecule has 0 unspecified atom stereocenters. The van der Waals surface area contributed by atoms with Crippen molar-refractivity contribution in [2.24, 2.45) is 0 Å². The third-order valence-electron chi connectivity index (χ3n) is 7.02. The molecule has 4 heterocycles. The Kier molecular flexibility index (Phi) is 7.03. The van der Waals surface area contributed by atoms with E-state index in [0.717, 1.165) is 53.4 Å². The maximum absolute atomic E-state index is 13.6. The lowest BCUT2D eigenvalue weighted by Gasteiger charge is -2.29. The molecule has 6 rings (SSSR count). The van der Waals surface area contributed by atoms with Gasteiger partial charge in [0.05, 0.1) is 16.1 Å². The van der Waals surface area contributed by atoms with Gasteiger partial charge in [0.25, 0.3) is 5.56 Å². The highest BCUT2D eigenvalue weighted by Crippen LogP contribution is 2.34. The van der Waals surface area contributed by atoms with Gasteiger partial charge in [0, 0.05) is 71.8 Å². The van der Waals surface area contributed by atoms with E-state index in [1.807, 2.05) is 55.8 Å². The van der Waals surface area contributed by atoms with E-state index in [0.29, 0.717) is 34.3 Å². The zero-order valence-corrected chi connectivity index (χ0v) is 23.3. The summed E-state index contributed by atoms with van der Waals surface area (Å²) in [7, 11) is 0. The van der Waals surface area contributed by atoms with E-state index in [1.54, 1.807) is 22.1 Å². The maximum atomic E-state index is 13.6. The lowest BCUT2D eigenvalue weighted by molar-refractivity contribution is 0.589. The van der Waals surface area contributed by atoms with Gasteiger partial charge in [0.15, 0.2) is 0 Å². The van der Waals surface area contributed by atoms with Crippen LogP contribution in [0, 0.1) is 6.92 Å². The molecule has 0 saturated carbocycles. The second-order valence-electron chi connectivity index (χ2n) is 9.45. The number of fused-ring (bicyclic) bond motifs is 1. The Morgan fingerprint density at radius 3 is 2.54 bits per heavy atom. The monoisotopic (exact) mass is 557 g/mol. The Morgan fingerprint density at radius 2 is 1.85 bits per heavy atom. The molecular weight excluding hydrogens is 530 g/mol. The number of benzene rings is 2. The first kappa shape index (κ1) is 25.5. The molecule has 0 amide bonds. The number of pyridine rings is 1. The highest BCUT2D eigenvalue weighted by Gasteiger charge is 2.17. The van der Waals surface area contributed by atoms with Crippen LogP contribution in [0.25, 0.3) is 32.6 Å². The van der Waals surface area contributed by atoms with Gasteiger partial charge < -0.3 is 15.5 Å². The summed E-state index contributed by atoms with van der Waals surface area (Å²) in [6.45, 7) is 8.37. The highest BCUT2D eigenvalue weighted by atomic mass is 35.5. The first-order chi connectivity index (χ1) is 19.0. The van der Waals surface area contributed by atoms with Crippen LogP contribution in [0.5, 0.6) is 0 Å². The van der Waals surface area contributed by atoms with Gasteiger partial charge in [-0.05, 0) is 55.8 Å². The zero-order valence-electron chi connectivity index (χ0n) is 21.7. The van der Waals surface area contributed by atoms with Crippen molar-refractivity contribution in [3.8, 4) is 21.6 Å². The first-order valence-electron chi connectivity index (χ1n) is 13.0. The van der Waals surface area contributed by atoms with Gasteiger partial charge in [0.2, 0.25) is 5.95 Å². The third-order valence-corrected chi connectivity index (χ3v) is 8.31. The maximum Gasteiger partial charge on any atom is 0.260 e. The van der Waals surface area contributed by atoms with Crippen LogP contribution in [0.1, 0.15) is 12.6 Å². The van der Waals surface area contributed by atoms with Crippen molar-refractivity contribution in [3.63, 3.8) is 0 Å². The summed E-state index contributed by atoms with van der Waals surface area (Å²) in [4.78, 5) is 30.6. The Bertz CT molecular complexity index is 1710. The number of aromatic nitrogens is 4. The number of aryl methyl sites for hydroxylation is 2. The van der Waals surface area contributed by atoms with Gasteiger partial charge in [-0.25, -0.2) is 9.97 Å². The van der Waals surface area contributed by atoms with Crippen LogP contribution in [0.15, 0.2) is 65.0 Å². The molecule has 1 fully saturated rings. The summed E-state index contributed by atoms with van der Waals surface area (Å²) < 4.78 is 1.67. The number of nitrogens with one attached hydrogen (secondary N) is 2. The van der Waals surface area contributed by atoms with Crippen molar-refractivity contribution >= 4 is 51.3 Å². The highest BCUT2D eigenvalue weighted by molar-refractivity contribution is 7.13. The third kappa shape index (κ3) is 5.01. The van der Waals surface area contributed by atoms with Gasteiger partial charge >= 0.3 is 0 Å². The number of rotatable bonds is 6. The quantitative estimate of drug-likeness (QED) is 0.276. The smallest absolute Gasteiger partial charge is 0.260 e. The van der Waals surface area contributed by atoms with Crippen LogP contribution < -0.4 is 21.1 Å². The molecule has 1 aliphatic heterocycles. The Labute approximate surface area is 235 Å². The van der Waals surface area contributed by atoms with E-state index in [1.165, 1.54) is 5.69 Å². The Morgan fingerprint density at radius 1 is 1.05 bits per heavy atom. The number of halogens is 1. The Hall–Kier alpha value is -3.79. The number of anilines is 3. The van der Waals surface area contributed by atoms with Crippen molar-refractivity contribution in [1.82, 2.24) is 24.8 Å². The molecule has 8 nitrogen and oxygen atoms in total. The van der Waals surface area contributed by atoms with Crippen molar-refractivity contribution in [2.45, 2.75) is 20.4 Å². The first-order valence-corrected chi connectivity index (χ1v) is 14.2. The molecule has 2 aromatic carbocycles. The molecular formula is C29H28ClN7OS. The van der Waals surface area contributed by atoms with Gasteiger partial charge in [0.1, 0.15) is 5.65 Å². The second-order valence-corrected chi connectivity index (χ2v) is 10.7. The molecule has 3 aromatic heterocycles. The predicted octanol–water partition coefficient (Wildman–Crippen LogP) is 5.72. The van der Waals surface area contributed by atoms with Crippen molar-refractivity contribution in [1.29, 1.82) is 0 Å². The van der Waals surface area contributed by atoms with Crippen molar-refractivity contribution in [2.75, 3.05) is 36.4 Å². The van der Waals surface area contributed by atoms with Gasteiger partial charge in [-0.2, -0.15) is 4.98 Å². The molecule has 198 valence electrons. The average Bonchev–Trinajstić information content (AvgIpc) is 3.39. The molecule has 10 heteroatoms. The lowest BCUT2D eigenvalue weighted by Crippen LogP contribution is -2.43. The predicted molar refractivity (Wildman–Crippen MR) is 161 cm³/mol. The zero-order chi connectivity index (χ0) is 26.9. The molecule has 0 radical (unpaired) electrons. The molecule has 0 bridgehead atoms. The topological polar surface area (TPSA) is 88.0 Å². The van der Waals surface area contributed by atoms with Gasteiger partial charge in [-0.15, -0.1) is 11.3 Å². The number of hydrogen-bond acceptors (Lipinski definition) is 8. The minimum atomic E-state index is -0.140. The number of hydrogen-bond donors (Lipinski definition) is 2. The van der Waals surface area contributed by atoms with E-state index in [-0.39, 0.29) is 5.56 Å². The SMILES string of the molecule is CCn1c(=O)c(-c2ccc(-c3scnc3C)cc2Cl)cc2cnc(Nc3ccc(N4CCNCC4)cc3)nc21. The molecule has 0 atom stereocenters. The average molecular weight is 558 g/mol. The normalized spacial score (nSPS) is 13.7. The van der Waals surface area contributed by atoms with E-state index in [9.17, 15) is 4.79 Å². The molecule has 1 aliphatic rings. The summed E-state index contributed by atoms with van der Waals surface area (Å²) >= 11 is 8.29. The second kappa shape index (κ2) is 10.8. The summed E-state index contributed by atoms with van der Waals surface area (Å²) in [6, 6.07) is 15.9. The fourth-order valence-corrected chi connectivity index (χ4v) is 6.05. The minimum Gasteiger partial charge on any atom is -0.369 e. The molecule has 39 heavy (non-hydrogen) atoms. The largest absolute Gasteiger partial charge is 0.369 e. The van der Waals surface area contributed by atoms with Crippen LogP contribution in [-0.4, -0.2) is 45.7 Å². The van der Waals surface area contributed by atoms with Crippen molar-refractivity contribution in [3.05, 3.63) is 81.3 Å². The molecule has 2 N–H and O–H groups in total. The summed E-state index contributed by atoms with van der Waals surface area (Å²) in [5.41, 5.74) is 7.49. The van der Waals surface area contributed by atoms with Crippen LogP contribution in [0.2, 0.25) is 5.02 Å². The van der Waals surface area contributed by atoms with E-state index in [2.05, 4.69) is 37.6 Å². The lowest BCUT2D eigenvalue weighted by atomic mass is 10.0. The molecule has 1 saturated heterocycles. The van der Waals surface area contributed by atoms with Crippen molar-refractivity contribution < 1.29 is 0 Å². The summed E-state index contributed by atoms with van der Waals surface area (Å²) in [5, 5.41) is 7.95. The standard InChI is InChI=1S/C29H28ClN7OS/c1-3-37-27-20(14-24(28(37)38)23-9-4-19(15-25(23)30)26-18(2)33-17-39-26)16-32-29(35-27)34-21-5-7-22(8-6-21)36-12-10-31-11-13-36/h4-9,14-17,31H,3,10-13H2,1-2H3,(H,32,34,35). The van der Waals surface area contributed by atoms with Gasteiger partial charge in [-0.1, -0.05) is 23.7 Å². The van der Waals surface area contributed by atoms with E-state index in [4.69, 9.17) is 16.6 Å². The molecule has 0 aliphatic carbocycles. The van der Waals surface area contributed by atoms with Crippen LogP contribution in [0.3, 0.4) is 0 Å². The number of nitrogens with zero attached hydrogens (tertiary/aromatic N) is 5. The summed E-state index contributed by atoms with van der Waals surface area (Å²) in [6.07, 6.45) is 1.75. The fourth-order valence-electron chi connectivity index (χ4n) is 4.97. The van der Waals surface area contributed by atoms with Gasteiger partial charge in [-0.3, -0.25) is 9.36 Å². The molecule has 0 spiro atoms. The number of thiazole rings is 1. The minimum absolute atomic E-state index is 0.140. The van der Waals surface area contributed by atoms with Crippen LogP contribution in [-0.2, 0) is 6.54 Å². The summed E-state index contributed by atoms with van der Waals surface area (Å²) in [5.74, 6) is 0.439. The van der Waals surface area contributed by atoms with E-state index >= 15 is 0 Å².